The van der Waals surface area contributed by atoms with E-state index in [1.54, 1.807) is 30.8 Å². The topological polar surface area (TPSA) is 53.0 Å². The number of fused-ring (bicyclic) bond motifs is 3. The Hall–Kier alpha value is -2.51. The molecule has 4 aromatic rings. The van der Waals surface area contributed by atoms with Gasteiger partial charge in [0.05, 0.1) is 16.5 Å². The van der Waals surface area contributed by atoms with Crippen LogP contribution < -0.4 is 34.7 Å². The molecule has 1 heterocycles. The maximum atomic E-state index is 13.7. The summed E-state index contributed by atoms with van der Waals surface area (Å²) in [5, 5.41) is 11.9. The summed E-state index contributed by atoms with van der Waals surface area (Å²) in [6.45, 7) is 1.68. The maximum Gasteiger partial charge on any atom is 1.00 e. The number of nitrogens with zero attached hydrogens (tertiary/aromatic N) is 1. The Morgan fingerprint density at radius 1 is 1.00 bits per heavy atom. The predicted octanol–water partition coefficient (Wildman–Crippen LogP) is 2.99. The van der Waals surface area contributed by atoms with Gasteiger partial charge in [0.2, 0.25) is 0 Å². The zero-order valence-electron chi connectivity index (χ0n) is 20.7. The van der Waals surface area contributed by atoms with Crippen molar-refractivity contribution in [3.8, 4) is 0 Å². The van der Waals surface area contributed by atoms with Gasteiger partial charge >= 0.3 is 29.6 Å². The molecule has 2 atom stereocenters. The molecule has 0 spiro atoms. The van der Waals surface area contributed by atoms with Gasteiger partial charge in [0.1, 0.15) is 0 Å². The standard InChI is InChI=1S/C30H25F2NO2S.Na/c1-18(30(34)35)17-36-29-24-5-3-2-4-20(24)9-10-21-8-6-19(14-25(21)29)7-12-23-13-11-22-15-26(31)27(32)16-28(22)33-23;/h2-8,11-16,18,29H,9-10,17H2,1H3,(H,34,35);/q;+1/p-1/b12-7+;/t18-,29?;/m1./s1. The van der Waals surface area contributed by atoms with Crippen molar-refractivity contribution in [3.63, 3.8) is 0 Å². The number of benzene rings is 3. The molecule has 1 aromatic heterocycles. The molecule has 0 amide bonds. The molecule has 0 saturated heterocycles. The minimum absolute atomic E-state index is 0. The van der Waals surface area contributed by atoms with Gasteiger partial charge in [-0.3, -0.25) is 0 Å². The van der Waals surface area contributed by atoms with E-state index in [1.165, 1.54) is 22.3 Å². The monoisotopic (exact) mass is 523 g/mol. The average Bonchev–Trinajstić information content (AvgIpc) is 3.03. The molecule has 0 aliphatic heterocycles. The van der Waals surface area contributed by atoms with Crippen molar-refractivity contribution in [3.05, 3.63) is 112 Å². The molecular weight excluding hydrogens is 499 g/mol. The van der Waals surface area contributed by atoms with Crippen LogP contribution in [0.25, 0.3) is 23.1 Å². The van der Waals surface area contributed by atoms with Crippen LogP contribution in [0.2, 0.25) is 0 Å². The van der Waals surface area contributed by atoms with Gasteiger partial charge in [-0.25, -0.2) is 13.8 Å². The minimum Gasteiger partial charge on any atom is -0.550 e. The molecule has 5 rings (SSSR count). The van der Waals surface area contributed by atoms with Crippen LogP contribution >= 0.6 is 11.8 Å². The first kappa shape index (κ1) is 27.5. The number of carbonyl (C=O) groups excluding carboxylic acids is 1. The number of thioether (sulfide) groups is 1. The second kappa shape index (κ2) is 11.9. The molecule has 37 heavy (non-hydrogen) atoms. The van der Waals surface area contributed by atoms with Crippen LogP contribution in [0.4, 0.5) is 8.78 Å². The second-order valence-electron chi connectivity index (χ2n) is 9.12. The van der Waals surface area contributed by atoms with E-state index >= 15 is 0 Å². The van der Waals surface area contributed by atoms with Gasteiger partial charge in [0.15, 0.2) is 11.6 Å². The van der Waals surface area contributed by atoms with Gasteiger partial charge in [0.25, 0.3) is 0 Å². The Morgan fingerprint density at radius 2 is 1.73 bits per heavy atom. The Balaban J connectivity index is 0.00000320. The number of carboxylic acid groups (broad SMARTS) is 1. The fourth-order valence-electron chi connectivity index (χ4n) is 4.54. The first-order valence-corrected chi connectivity index (χ1v) is 12.9. The zero-order valence-corrected chi connectivity index (χ0v) is 23.5. The molecule has 1 aliphatic rings. The van der Waals surface area contributed by atoms with Crippen molar-refractivity contribution < 1.29 is 48.2 Å². The quantitative estimate of drug-likeness (QED) is 0.365. The van der Waals surface area contributed by atoms with Gasteiger partial charge < -0.3 is 9.90 Å². The number of aromatic nitrogens is 1. The number of aryl methyl sites for hydroxylation is 2. The summed E-state index contributed by atoms with van der Waals surface area (Å²) in [6.07, 6.45) is 5.66. The number of hydrogen-bond acceptors (Lipinski definition) is 4. The van der Waals surface area contributed by atoms with Crippen LogP contribution in [-0.2, 0) is 17.6 Å². The molecule has 0 N–H and O–H groups in total. The van der Waals surface area contributed by atoms with Crippen molar-refractivity contribution in [1.29, 1.82) is 0 Å². The Bertz CT molecular complexity index is 1490. The molecule has 7 heteroatoms. The first-order valence-electron chi connectivity index (χ1n) is 11.9. The van der Waals surface area contributed by atoms with E-state index < -0.39 is 23.5 Å². The van der Waals surface area contributed by atoms with E-state index in [0.717, 1.165) is 30.5 Å². The maximum absolute atomic E-state index is 13.7. The van der Waals surface area contributed by atoms with Crippen molar-refractivity contribution in [2.75, 3.05) is 5.75 Å². The van der Waals surface area contributed by atoms with Gasteiger partial charge in [-0.2, -0.15) is 0 Å². The third-order valence-corrected chi connectivity index (χ3v) is 8.10. The van der Waals surface area contributed by atoms with Gasteiger partial charge in [-0.05, 0) is 58.9 Å². The fraction of sp³-hybridized carbons (Fsp3) is 0.200. The van der Waals surface area contributed by atoms with Gasteiger partial charge in [0, 0.05) is 29.1 Å². The number of halogens is 2. The van der Waals surface area contributed by atoms with E-state index in [0.29, 0.717) is 22.3 Å². The Labute approximate surface area is 241 Å². The predicted molar refractivity (Wildman–Crippen MR) is 139 cm³/mol. The van der Waals surface area contributed by atoms with Crippen LogP contribution in [0.5, 0.6) is 0 Å². The average molecular weight is 524 g/mol. The molecule has 0 bridgehead atoms. The van der Waals surface area contributed by atoms with E-state index in [-0.39, 0.29) is 34.8 Å². The number of pyridine rings is 1. The van der Waals surface area contributed by atoms with Crippen molar-refractivity contribution in [2.24, 2.45) is 5.92 Å². The molecule has 182 valence electrons. The number of hydrogen-bond donors (Lipinski definition) is 0. The zero-order chi connectivity index (χ0) is 25.2. The van der Waals surface area contributed by atoms with E-state index in [1.807, 2.05) is 24.3 Å². The van der Waals surface area contributed by atoms with Crippen molar-refractivity contribution in [2.45, 2.75) is 25.0 Å². The number of rotatable bonds is 6. The summed E-state index contributed by atoms with van der Waals surface area (Å²) >= 11 is 1.64. The van der Waals surface area contributed by atoms with E-state index in [9.17, 15) is 18.7 Å². The van der Waals surface area contributed by atoms with E-state index in [4.69, 9.17) is 0 Å². The summed E-state index contributed by atoms with van der Waals surface area (Å²) in [5.41, 5.74) is 6.96. The third kappa shape index (κ3) is 6.15. The number of aliphatic carboxylic acids is 1. The van der Waals surface area contributed by atoms with Crippen LogP contribution in [0, 0.1) is 17.6 Å². The summed E-state index contributed by atoms with van der Waals surface area (Å²) in [4.78, 5) is 15.8. The fourth-order valence-corrected chi connectivity index (χ4v) is 5.97. The number of carbonyl (C=O) groups is 1. The molecule has 3 aromatic carbocycles. The summed E-state index contributed by atoms with van der Waals surface area (Å²) < 4.78 is 27.2. The smallest absolute Gasteiger partial charge is 0.550 e. The molecule has 3 nitrogen and oxygen atoms in total. The molecule has 0 saturated carbocycles. The molecular formula is C30H24F2NNaO2S. The molecule has 1 unspecified atom stereocenters. The van der Waals surface area contributed by atoms with Crippen LogP contribution in [0.1, 0.15) is 45.7 Å². The molecule has 1 aliphatic carbocycles. The minimum atomic E-state index is -1.04. The Kier molecular flexibility index (Phi) is 8.86. The summed E-state index contributed by atoms with van der Waals surface area (Å²) in [5.74, 6) is -2.93. The SMILES string of the molecule is C[C@H](CSC1c2ccccc2CCc2ccc(/C=C/c3ccc4cc(F)c(F)cc4n3)cc21)C(=O)[O-].[Na+]. The van der Waals surface area contributed by atoms with Gasteiger partial charge in [-0.15, -0.1) is 11.8 Å². The van der Waals surface area contributed by atoms with Gasteiger partial charge in [-0.1, -0.05) is 61.5 Å². The van der Waals surface area contributed by atoms with E-state index in [2.05, 4.69) is 35.3 Å². The van der Waals surface area contributed by atoms with Crippen molar-refractivity contribution >= 4 is 40.8 Å². The summed E-state index contributed by atoms with van der Waals surface area (Å²) in [6, 6.07) is 20.5. The van der Waals surface area contributed by atoms with Crippen molar-refractivity contribution in [1.82, 2.24) is 4.98 Å². The second-order valence-corrected chi connectivity index (χ2v) is 10.3. The van der Waals surface area contributed by atoms with Crippen LogP contribution in [0.3, 0.4) is 0 Å². The van der Waals surface area contributed by atoms with Crippen LogP contribution in [0.15, 0.2) is 66.7 Å². The first-order chi connectivity index (χ1) is 17.4. The molecule has 0 radical (unpaired) electrons. The normalized spacial score (nSPS) is 15.5. The number of carboxylic acids is 1. The largest absolute Gasteiger partial charge is 1.00 e. The Morgan fingerprint density at radius 3 is 2.51 bits per heavy atom. The molecule has 0 fully saturated rings. The van der Waals surface area contributed by atoms with Crippen LogP contribution in [-0.4, -0.2) is 16.7 Å². The third-order valence-electron chi connectivity index (χ3n) is 6.57. The summed E-state index contributed by atoms with van der Waals surface area (Å²) in [7, 11) is 0.